The number of nitro groups is 1. The molecular formula is C22H25N3O5. The zero-order chi connectivity index (χ0) is 21.5. The van der Waals surface area contributed by atoms with Gasteiger partial charge >= 0.3 is 5.97 Å². The van der Waals surface area contributed by atoms with Crippen molar-refractivity contribution in [3.8, 4) is 0 Å². The molecule has 0 spiro atoms. The van der Waals surface area contributed by atoms with Gasteiger partial charge in [0.1, 0.15) is 5.69 Å². The highest BCUT2D eigenvalue weighted by Gasteiger charge is 2.29. The Kier molecular flexibility index (Phi) is 7.00. The number of anilines is 2. The molecule has 1 aliphatic rings. The summed E-state index contributed by atoms with van der Waals surface area (Å²) in [6, 6.07) is 14.1. The molecule has 1 saturated heterocycles. The van der Waals surface area contributed by atoms with Crippen LogP contribution in [0.4, 0.5) is 17.1 Å². The number of piperidine rings is 1. The van der Waals surface area contributed by atoms with Crippen LogP contribution in [-0.2, 0) is 20.7 Å². The van der Waals surface area contributed by atoms with Gasteiger partial charge in [0.05, 0.1) is 10.8 Å². The van der Waals surface area contributed by atoms with Crippen LogP contribution in [0.25, 0.3) is 0 Å². The molecule has 0 atom stereocenters. The second-order valence-electron chi connectivity index (χ2n) is 7.22. The Balaban J connectivity index is 1.47. The highest BCUT2D eigenvalue weighted by atomic mass is 16.6. The van der Waals surface area contributed by atoms with Crippen LogP contribution in [0.15, 0.2) is 48.5 Å². The van der Waals surface area contributed by atoms with E-state index in [1.807, 2.05) is 30.0 Å². The van der Waals surface area contributed by atoms with Crippen LogP contribution < -0.4 is 10.2 Å². The average molecular weight is 411 g/mol. The highest BCUT2D eigenvalue weighted by Crippen LogP contribution is 2.31. The number of nitrogens with zero attached hydrogens (tertiary/aromatic N) is 2. The number of nitro benzene ring substituents is 1. The lowest BCUT2D eigenvalue weighted by atomic mass is 9.96. The molecule has 158 valence electrons. The van der Waals surface area contributed by atoms with Crippen molar-refractivity contribution in [2.45, 2.75) is 26.2 Å². The molecule has 8 heteroatoms. The maximum atomic E-state index is 12.3. The summed E-state index contributed by atoms with van der Waals surface area (Å²) in [4.78, 5) is 37.2. The smallest absolute Gasteiger partial charge is 0.309 e. The lowest BCUT2D eigenvalue weighted by Crippen LogP contribution is -2.37. The number of rotatable bonds is 7. The van der Waals surface area contributed by atoms with Gasteiger partial charge in [-0.25, -0.2) is 0 Å². The topological polar surface area (TPSA) is 102 Å². The summed E-state index contributed by atoms with van der Waals surface area (Å²) in [6.07, 6.45) is 1.90. The second-order valence-corrected chi connectivity index (χ2v) is 7.22. The number of amides is 1. The zero-order valence-corrected chi connectivity index (χ0v) is 16.9. The number of benzene rings is 2. The van der Waals surface area contributed by atoms with Crippen LogP contribution in [0.2, 0.25) is 0 Å². The Bertz CT molecular complexity index is 922. The van der Waals surface area contributed by atoms with E-state index in [2.05, 4.69) is 5.32 Å². The first-order chi connectivity index (χ1) is 14.5. The van der Waals surface area contributed by atoms with Gasteiger partial charge in [-0.2, -0.15) is 0 Å². The molecule has 0 radical (unpaired) electrons. The van der Waals surface area contributed by atoms with Gasteiger partial charge in [-0.15, -0.1) is 0 Å². The first-order valence-electron chi connectivity index (χ1n) is 10.0. The van der Waals surface area contributed by atoms with E-state index in [-0.39, 0.29) is 24.1 Å². The SMILES string of the molecule is CCc1cccc(NC(=O)COC(=O)C2CCN(c3ccccc3[N+](=O)[O-])CC2)c1. The summed E-state index contributed by atoms with van der Waals surface area (Å²) in [7, 11) is 0. The fraction of sp³-hybridized carbons (Fsp3) is 0.364. The average Bonchev–Trinajstić information content (AvgIpc) is 2.77. The van der Waals surface area contributed by atoms with E-state index in [0.717, 1.165) is 12.0 Å². The lowest BCUT2D eigenvalue weighted by Gasteiger charge is -2.32. The monoisotopic (exact) mass is 411 g/mol. The number of nitrogens with one attached hydrogen (secondary N) is 1. The second kappa shape index (κ2) is 9.87. The molecule has 2 aromatic carbocycles. The molecule has 1 amide bonds. The molecule has 0 saturated carbocycles. The fourth-order valence-electron chi connectivity index (χ4n) is 3.56. The molecule has 3 rings (SSSR count). The molecule has 1 heterocycles. The van der Waals surface area contributed by atoms with E-state index in [1.54, 1.807) is 24.3 Å². The van der Waals surface area contributed by atoms with Gasteiger partial charge in [-0.05, 0) is 43.0 Å². The number of carbonyl (C=O) groups excluding carboxylic acids is 2. The Morgan fingerprint density at radius 2 is 1.90 bits per heavy atom. The minimum Gasteiger partial charge on any atom is -0.455 e. The molecule has 0 aromatic heterocycles. The van der Waals surface area contributed by atoms with E-state index in [1.165, 1.54) is 6.07 Å². The summed E-state index contributed by atoms with van der Waals surface area (Å²) in [5.74, 6) is -1.11. The number of esters is 1. The Morgan fingerprint density at radius 1 is 1.17 bits per heavy atom. The fourth-order valence-corrected chi connectivity index (χ4v) is 3.56. The van der Waals surface area contributed by atoms with Crippen molar-refractivity contribution in [1.29, 1.82) is 0 Å². The molecule has 1 aliphatic heterocycles. The van der Waals surface area contributed by atoms with Crippen molar-refractivity contribution < 1.29 is 19.2 Å². The van der Waals surface area contributed by atoms with Crippen molar-refractivity contribution in [3.05, 3.63) is 64.2 Å². The summed E-state index contributed by atoms with van der Waals surface area (Å²) in [6.45, 7) is 2.73. The molecule has 2 aromatic rings. The van der Waals surface area contributed by atoms with Crippen molar-refractivity contribution in [2.24, 2.45) is 5.92 Å². The van der Waals surface area contributed by atoms with Gasteiger partial charge in [0, 0.05) is 24.8 Å². The van der Waals surface area contributed by atoms with Gasteiger partial charge in [0.2, 0.25) is 0 Å². The van der Waals surface area contributed by atoms with E-state index in [9.17, 15) is 19.7 Å². The first-order valence-corrected chi connectivity index (χ1v) is 10.0. The maximum absolute atomic E-state index is 12.3. The van der Waals surface area contributed by atoms with Crippen molar-refractivity contribution in [3.63, 3.8) is 0 Å². The van der Waals surface area contributed by atoms with E-state index >= 15 is 0 Å². The predicted octanol–water partition coefficient (Wildman–Crippen LogP) is 3.56. The van der Waals surface area contributed by atoms with Gasteiger partial charge in [-0.3, -0.25) is 19.7 Å². The highest BCUT2D eigenvalue weighted by molar-refractivity contribution is 5.93. The van der Waals surface area contributed by atoms with Crippen molar-refractivity contribution in [2.75, 3.05) is 29.9 Å². The number of hydrogen-bond donors (Lipinski definition) is 1. The molecule has 0 bridgehead atoms. The van der Waals surface area contributed by atoms with Gasteiger partial charge in [0.25, 0.3) is 11.6 Å². The Morgan fingerprint density at radius 3 is 2.60 bits per heavy atom. The molecular weight excluding hydrogens is 386 g/mol. The summed E-state index contributed by atoms with van der Waals surface area (Å²) < 4.78 is 5.20. The molecule has 30 heavy (non-hydrogen) atoms. The Hall–Kier alpha value is -3.42. The van der Waals surface area contributed by atoms with Crippen LogP contribution in [0.1, 0.15) is 25.3 Å². The molecule has 1 fully saturated rings. The largest absolute Gasteiger partial charge is 0.455 e. The summed E-state index contributed by atoms with van der Waals surface area (Å²) >= 11 is 0. The molecule has 1 N–H and O–H groups in total. The van der Waals surface area contributed by atoms with Gasteiger partial charge in [0.15, 0.2) is 6.61 Å². The third kappa shape index (κ3) is 5.34. The molecule has 8 nitrogen and oxygen atoms in total. The van der Waals surface area contributed by atoms with Gasteiger partial charge in [-0.1, -0.05) is 31.2 Å². The molecule has 0 aliphatic carbocycles. The quantitative estimate of drug-likeness (QED) is 0.425. The Labute approximate surface area is 175 Å². The number of para-hydroxylation sites is 2. The van der Waals surface area contributed by atoms with Crippen molar-refractivity contribution >= 4 is 28.9 Å². The normalized spacial score (nSPS) is 14.2. The van der Waals surface area contributed by atoms with E-state index in [4.69, 9.17) is 4.74 Å². The minimum atomic E-state index is -0.408. The van der Waals surface area contributed by atoms with Crippen molar-refractivity contribution in [1.82, 2.24) is 0 Å². The van der Waals surface area contributed by atoms with E-state index < -0.39 is 10.9 Å². The number of aryl methyl sites for hydroxylation is 1. The summed E-state index contributed by atoms with van der Waals surface area (Å²) in [5, 5.41) is 14.0. The van der Waals surface area contributed by atoms with Crippen LogP contribution in [0, 0.1) is 16.0 Å². The third-order valence-electron chi connectivity index (χ3n) is 5.21. The maximum Gasteiger partial charge on any atom is 0.309 e. The van der Waals surface area contributed by atoms with E-state index in [0.29, 0.717) is 37.3 Å². The zero-order valence-electron chi connectivity index (χ0n) is 16.9. The van der Waals surface area contributed by atoms with Crippen LogP contribution in [0.5, 0.6) is 0 Å². The minimum absolute atomic E-state index is 0.0577. The van der Waals surface area contributed by atoms with Gasteiger partial charge < -0.3 is 15.0 Å². The van der Waals surface area contributed by atoms with Crippen LogP contribution in [0.3, 0.4) is 0 Å². The standard InChI is InChI=1S/C22H25N3O5/c1-2-16-6-5-7-18(14-16)23-21(26)15-30-22(27)17-10-12-24(13-11-17)19-8-3-4-9-20(19)25(28)29/h3-9,14,17H,2,10-13,15H2,1H3,(H,23,26). The first kappa shape index (κ1) is 21.3. The molecule has 0 unspecified atom stereocenters. The number of ether oxygens (including phenoxy) is 1. The van der Waals surface area contributed by atoms with Crippen LogP contribution in [-0.4, -0.2) is 36.5 Å². The number of carbonyl (C=O) groups is 2. The number of hydrogen-bond acceptors (Lipinski definition) is 6. The lowest BCUT2D eigenvalue weighted by molar-refractivity contribution is -0.384. The van der Waals surface area contributed by atoms with Crippen LogP contribution >= 0.6 is 0 Å². The summed E-state index contributed by atoms with van der Waals surface area (Å²) in [5.41, 5.74) is 2.40. The predicted molar refractivity (Wildman–Crippen MR) is 113 cm³/mol. The third-order valence-corrected chi connectivity index (χ3v) is 5.21.